The van der Waals surface area contributed by atoms with Crippen LogP contribution in [0.1, 0.15) is 51.9 Å². The maximum Gasteiger partial charge on any atom is 0.323 e. The van der Waals surface area contributed by atoms with Gasteiger partial charge in [-0.2, -0.15) is 0 Å². The number of imidazole rings is 1. The van der Waals surface area contributed by atoms with Crippen LogP contribution in [0.25, 0.3) is 11.0 Å². The van der Waals surface area contributed by atoms with Crippen molar-refractivity contribution in [1.29, 1.82) is 0 Å². The van der Waals surface area contributed by atoms with Gasteiger partial charge in [0.2, 0.25) is 0 Å². The fourth-order valence-electron chi connectivity index (χ4n) is 4.73. The molecule has 4 rings (SSSR count). The largest absolute Gasteiger partial charge is 0.323 e. The van der Waals surface area contributed by atoms with E-state index >= 15 is 0 Å². The van der Waals surface area contributed by atoms with Gasteiger partial charge in [0, 0.05) is 6.20 Å². The van der Waals surface area contributed by atoms with Gasteiger partial charge in [0.05, 0.1) is 23.1 Å². The standard InChI is InChI=1S/C24H31N5O2S/c1-2-19-13-14-32-28(15-19)16-24(25,20-9-5-3-4-6-10-20)23(27-31-18-30)29-17-26-21-11-7-8-12-22(21)29/h7-8,11-15,17-18,20H,2-6,9-10,16,25H2,1H3/b27-23-. The van der Waals surface area contributed by atoms with Crippen LogP contribution in [0, 0.1) is 5.92 Å². The summed E-state index contributed by atoms with van der Waals surface area (Å²) in [6.45, 7) is 3.04. The summed E-state index contributed by atoms with van der Waals surface area (Å²) in [7, 11) is 0. The third kappa shape index (κ3) is 4.76. The first-order valence-electron chi connectivity index (χ1n) is 11.4. The van der Waals surface area contributed by atoms with E-state index in [4.69, 9.17) is 10.6 Å². The SMILES string of the molecule is CCC1=CN(CC(N)(/C(=N/OC=O)n2cnc3ccccc32)C2CCCCCC2)SC=C1. The van der Waals surface area contributed by atoms with E-state index in [9.17, 15) is 4.79 Å². The molecule has 2 heterocycles. The summed E-state index contributed by atoms with van der Waals surface area (Å²) < 4.78 is 4.07. The summed E-state index contributed by atoms with van der Waals surface area (Å²) in [6.07, 6.45) is 13.7. The second kappa shape index (κ2) is 10.4. The number of hydrogen-bond donors (Lipinski definition) is 1. The summed E-state index contributed by atoms with van der Waals surface area (Å²) in [6, 6.07) is 7.85. The molecule has 170 valence electrons. The lowest BCUT2D eigenvalue weighted by Crippen LogP contribution is -2.61. The van der Waals surface area contributed by atoms with Crippen molar-refractivity contribution in [2.45, 2.75) is 57.4 Å². The van der Waals surface area contributed by atoms with E-state index in [0.29, 0.717) is 18.9 Å². The fourth-order valence-corrected chi connectivity index (χ4v) is 5.61. The van der Waals surface area contributed by atoms with E-state index < -0.39 is 5.54 Å². The van der Waals surface area contributed by atoms with Crippen LogP contribution in [0.15, 0.2) is 59.0 Å². The predicted octanol–water partition coefficient (Wildman–Crippen LogP) is 4.81. The number of oxime groups is 1. The molecule has 1 aromatic heterocycles. The fraction of sp³-hybridized carbons (Fsp3) is 0.458. The maximum absolute atomic E-state index is 11.1. The minimum Gasteiger partial charge on any atom is -0.320 e. The lowest BCUT2D eigenvalue weighted by molar-refractivity contribution is -0.128. The molecule has 1 unspecified atom stereocenters. The van der Waals surface area contributed by atoms with Crippen LogP contribution in [0.4, 0.5) is 0 Å². The molecule has 1 atom stereocenters. The summed E-state index contributed by atoms with van der Waals surface area (Å²) in [5.74, 6) is 0.719. The Morgan fingerprint density at radius 3 is 2.84 bits per heavy atom. The summed E-state index contributed by atoms with van der Waals surface area (Å²) >= 11 is 1.63. The molecule has 0 amide bonds. The number of para-hydroxylation sites is 2. The molecule has 0 spiro atoms. The Labute approximate surface area is 193 Å². The highest BCUT2D eigenvalue weighted by Crippen LogP contribution is 2.35. The molecule has 1 aliphatic heterocycles. The molecule has 0 saturated heterocycles. The van der Waals surface area contributed by atoms with Crippen molar-refractivity contribution in [3.8, 4) is 0 Å². The van der Waals surface area contributed by atoms with Gasteiger partial charge in [-0.25, -0.2) is 4.98 Å². The Hall–Kier alpha value is -2.58. The van der Waals surface area contributed by atoms with Gasteiger partial charge < -0.3 is 14.9 Å². The van der Waals surface area contributed by atoms with Crippen LogP contribution < -0.4 is 5.73 Å². The van der Waals surface area contributed by atoms with Gasteiger partial charge in [-0.15, -0.1) is 0 Å². The van der Waals surface area contributed by atoms with Crippen LogP contribution in [0.3, 0.4) is 0 Å². The van der Waals surface area contributed by atoms with Crippen molar-refractivity contribution in [2.24, 2.45) is 16.8 Å². The lowest BCUT2D eigenvalue weighted by Gasteiger charge is -2.41. The highest BCUT2D eigenvalue weighted by Gasteiger charge is 2.43. The second-order valence-electron chi connectivity index (χ2n) is 8.49. The zero-order valence-electron chi connectivity index (χ0n) is 18.5. The zero-order valence-corrected chi connectivity index (χ0v) is 19.3. The van der Waals surface area contributed by atoms with Crippen LogP contribution >= 0.6 is 11.9 Å². The van der Waals surface area contributed by atoms with Crippen LogP contribution in [0.2, 0.25) is 0 Å². The third-order valence-corrected chi connectivity index (χ3v) is 7.24. The zero-order chi connectivity index (χ0) is 22.4. The van der Waals surface area contributed by atoms with Gasteiger partial charge in [-0.05, 0) is 66.3 Å². The first-order valence-corrected chi connectivity index (χ1v) is 12.2. The molecule has 1 aromatic carbocycles. The Morgan fingerprint density at radius 2 is 2.09 bits per heavy atom. The topological polar surface area (TPSA) is 85.7 Å². The number of fused-ring (bicyclic) bond motifs is 1. The molecule has 7 nitrogen and oxygen atoms in total. The molecule has 2 aliphatic rings. The number of rotatable bonds is 7. The monoisotopic (exact) mass is 453 g/mol. The van der Waals surface area contributed by atoms with Crippen LogP contribution in [-0.2, 0) is 9.63 Å². The van der Waals surface area contributed by atoms with Gasteiger partial charge in [-0.3, -0.25) is 9.36 Å². The average Bonchev–Trinajstić information content (AvgIpc) is 3.04. The molecule has 1 aliphatic carbocycles. The molecule has 2 N–H and O–H groups in total. The normalized spacial score (nSPS) is 20.0. The Balaban J connectivity index is 1.80. The van der Waals surface area contributed by atoms with Gasteiger partial charge in [0.15, 0.2) is 5.84 Å². The molecular weight excluding hydrogens is 422 g/mol. The number of hydrogen-bond acceptors (Lipinski definition) is 7. The minimum atomic E-state index is -0.843. The van der Waals surface area contributed by atoms with Crippen molar-refractivity contribution in [3.05, 3.63) is 53.8 Å². The average molecular weight is 454 g/mol. The molecule has 8 heteroatoms. The van der Waals surface area contributed by atoms with Gasteiger partial charge in [0.25, 0.3) is 0 Å². The van der Waals surface area contributed by atoms with Gasteiger partial charge >= 0.3 is 6.47 Å². The number of nitrogens with two attached hydrogens (primary N) is 1. The van der Waals surface area contributed by atoms with Crippen LogP contribution in [0.5, 0.6) is 0 Å². The highest BCUT2D eigenvalue weighted by atomic mass is 32.2. The Morgan fingerprint density at radius 1 is 1.31 bits per heavy atom. The number of allylic oxidation sites excluding steroid dienone is 2. The van der Waals surface area contributed by atoms with E-state index in [2.05, 4.69) is 39.1 Å². The maximum atomic E-state index is 11.1. The number of benzene rings is 1. The predicted molar refractivity (Wildman–Crippen MR) is 130 cm³/mol. The van der Waals surface area contributed by atoms with E-state index in [1.54, 1.807) is 18.3 Å². The first kappa shape index (κ1) is 22.6. The Bertz CT molecular complexity index is 1020. The van der Waals surface area contributed by atoms with Crippen molar-refractivity contribution >= 4 is 35.3 Å². The third-order valence-electron chi connectivity index (χ3n) is 6.48. The molecule has 0 radical (unpaired) electrons. The van der Waals surface area contributed by atoms with Gasteiger partial charge in [-0.1, -0.05) is 49.9 Å². The smallest absolute Gasteiger partial charge is 0.320 e. The first-order chi connectivity index (χ1) is 15.7. The molecule has 0 bridgehead atoms. The second-order valence-corrected chi connectivity index (χ2v) is 9.44. The van der Waals surface area contributed by atoms with Crippen molar-refractivity contribution in [3.63, 3.8) is 0 Å². The Kier molecular flexibility index (Phi) is 7.32. The number of nitrogens with zero attached hydrogens (tertiary/aromatic N) is 4. The number of carbonyl (C=O) groups excluding carboxylic acids is 1. The van der Waals surface area contributed by atoms with E-state index in [1.807, 2.05) is 28.8 Å². The number of carbonyl (C=O) groups is 1. The highest BCUT2D eigenvalue weighted by molar-refractivity contribution is 8.00. The van der Waals surface area contributed by atoms with Crippen molar-refractivity contribution in [2.75, 3.05) is 6.54 Å². The van der Waals surface area contributed by atoms with Crippen molar-refractivity contribution < 1.29 is 9.63 Å². The quantitative estimate of drug-likeness (QED) is 0.123. The van der Waals surface area contributed by atoms with E-state index in [0.717, 1.165) is 43.1 Å². The van der Waals surface area contributed by atoms with Crippen LogP contribution in [-0.4, -0.2) is 38.2 Å². The molecule has 1 saturated carbocycles. The minimum absolute atomic E-state index is 0.199. The van der Waals surface area contributed by atoms with E-state index in [1.165, 1.54) is 18.4 Å². The molecular formula is C24H31N5O2S. The summed E-state index contributed by atoms with van der Waals surface area (Å²) in [5.41, 5.74) is 9.49. The van der Waals surface area contributed by atoms with Gasteiger partial charge in [0.1, 0.15) is 6.33 Å². The molecule has 32 heavy (non-hydrogen) atoms. The molecule has 1 fully saturated rings. The number of aromatic nitrogens is 2. The summed E-state index contributed by atoms with van der Waals surface area (Å²) in [5, 5.41) is 6.38. The molecule has 2 aromatic rings. The van der Waals surface area contributed by atoms with Crippen molar-refractivity contribution in [1.82, 2.24) is 13.9 Å². The van der Waals surface area contributed by atoms with E-state index in [-0.39, 0.29) is 5.92 Å². The lowest BCUT2D eigenvalue weighted by atomic mass is 9.78. The summed E-state index contributed by atoms with van der Waals surface area (Å²) in [4.78, 5) is 20.7.